The highest BCUT2D eigenvalue weighted by molar-refractivity contribution is 5.91. The number of carbonyl (C=O) groups is 3. The molecule has 0 radical (unpaired) electrons. The van der Waals surface area contributed by atoms with Crippen LogP contribution in [0.3, 0.4) is 0 Å². The second kappa shape index (κ2) is 17.1. The van der Waals surface area contributed by atoms with Gasteiger partial charge in [0.2, 0.25) is 0 Å². The van der Waals surface area contributed by atoms with Crippen LogP contribution in [0.1, 0.15) is 35.7 Å². The molecule has 0 amide bonds. The Morgan fingerprint density at radius 3 is 1.98 bits per heavy atom. The van der Waals surface area contributed by atoms with Gasteiger partial charge in [-0.1, -0.05) is 56.3 Å². The van der Waals surface area contributed by atoms with Gasteiger partial charge in [-0.3, -0.25) is 0 Å². The van der Waals surface area contributed by atoms with Crippen LogP contribution in [0.4, 0.5) is 0 Å². The molecule has 0 atom stereocenters. The Balaban J connectivity index is 1.42. The fourth-order valence-corrected chi connectivity index (χ4v) is 3.47. The molecule has 0 aliphatic heterocycles. The predicted octanol–water partition coefficient (Wildman–Crippen LogP) is 6.05. The van der Waals surface area contributed by atoms with E-state index in [0.717, 1.165) is 35.6 Å². The highest BCUT2D eigenvalue weighted by atomic mass is 16.6. The summed E-state index contributed by atoms with van der Waals surface area (Å²) in [6, 6.07) is 21.6. The first kappa shape index (κ1) is 30.8. The predicted molar refractivity (Wildman–Crippen MR) is 156 cm³/mol. The van der Waals surface area contributed by atoms with Crippen LogP contribution in [0.2, 0.25) is 0 Å². The van der Waals surface area contributed by atoms with E-state index in [0.29, 0.717) is 36.9 Å². The van der Waals surface area contributed by atoms with Gasteiger partial charge in [0.25, 0.3) is 0 Å². The maximum absolute atomic E-state index is 12.6. The smallest absolute Gasteiger partial charge is 0.343 e. The minimum atomic E-state index is -0.490. The van der Waals surface area contributed by atoms with E-state index in [9.17, 15) is 14.4 Å². The second-order valence-corrected chi connectivity index (χ2v) is 8.75. The van der Waals surface area contributed by atoms with E-state index in [1.165, 1.54) is 6.08 Å². The molecule has 0 aromatic heterocycles. The Hall–Kier alpha value is -4.69. The summed E-state index contributed by atoms with van der Waals surface area (Å²) < 4.78 is 26.3. The third kappa shape index (κ3) is 11.1. The standard InChI is InChI=1S/C33H34O8/c1-3-5-20-39-32(35)19-8-25-6-9-26(10-7-25)27-11-17-30(18-12-27)41-33(36)28-13-15-29(16-14-28)38-23-21-37-22-24-40-31(34)4-2/h4,6-19H,2-3,5,20-24H2,1H3. The summed E-state index contributed by atoms with van der Waals surface area (Å²) in [6.07, 6.45) is 6.08. The van der Waals surface area contributed by atoms with Crippen molar-refractivity contribution in [3.63, 3.8) is 0 Å². The van der Waals surface area contributed by atoms with Crippen molar-refractivity contribution in [3.8, 4) is 22.6 Å². The molecule has 3 aromatic carbocycles. The molecule has 0 saturated heterocycles. The SMILES string of the molecule is C=CC(=O)OCCOCCOc1ccc(C(=O)Oc2ccc(-c3ccc(C=CC(=O)OCCCC)cc3)cc2)cc1. The Kier molecular flexibility index (Phi) is 12.9. The van der Waals surface area contributed by atoms with Crippen LogP contribution < -0.4 is 9.47 Å². The number of hydrogen-bond donors (Lipinski definition) is 0. The molecule has 3 aromatic rings. The molecule has 0 fully saturated rings. The Morgan fingerprint density at radius 2 is 1.32 bits per heavy atom. The molecule has 41 heavy (non-hydrogen) atoms. The van der Waals surface area contributed by atoms with E-state index in [2.05, 4.69) is 6.58 Å². The highest BCUT2D eigenvalue weighted by Crippen LogP contribution is 2.24. The molecule has 3 rings (SSSR count). The Labute approximate surface area is 240 Å². The van der Waals surface area contributed by atoms with Crippen LogP contribution in [-0.2, 0) is 23.8 Å². The number of ether oxygens (including phenoxy) is 5. The van der Waals surface area contributed by atoms with E-state index in [1.807, 2.05) is 43.3 Å². The molecule has 0 aliphatic carbocycles. The number of hydrogen-bond acceptors (Lipinski definition) is 8. The molecule has 0 heterocycles. The molecule has 8 nitrogen and oxygen atoms in total. The summed E-state index contributed by atoms with van der Waals surface area (Å²) in [6.45, 7) is 6.83. The van der Waals surface area contributed by atoms with Gasteiger partial charge in [-0.15, -0.1) is 0 Å². The van der Waals surface area contributed by atoms with Gasteiger partial charge in [0.05, 0.1) is 25.4 Å². The van der Waals surface area contributed by atoms with Crippen molar-refractivity contribution < 1.29 is 38.1 Å². The van der Waals surface area contributed by atoms with Crippen molar-refractivity contribution in [2.45, 2.75) is 19.8 Å². The maximum Gasteiger partial charge on any atom is 0.343 e. The van der Waals surface area contributed by atoms with Gasteiger partial charge in [0.1, 0.15) is 24.7 Å². The fraction of sp³-hybridized carbons (Fsp3) is 0.242. The van der Waals surface area contributed by atoms with Gasteiger partial charge in [0.15, 0.2) is 0 Å². The molecule has 214 valence electrons. The number of benzene rings is 3. The average molecular weight is 559 g/mol. The molecule has 0 saturated carbocycles. The minimum absolute atomic E-state index is 0.148. The Bertz CT molecular complexity index is 1290. The zero-order valence-corrected chi connectivity index (χ0v) is 23.1. The molecule has 0 bridgehead atoms. The van der Waals surface area contributed by atoms with Crippen LogP contribution in [0.25, 0.3) is 17.2 Å². The van der Waals surface area contributed by atoms with E-state index >= 15 is 0 Å². The van der Waals surface area contributed by atoms with E-state index in [1.54, 1.807) is 42.5 Å². The first-order chi connectivity index (χ1) is 20.0. The van der Waals surface area contributed by atoms with Gasteiger partial charge >= 0.3 is 17.9 Å². The summed E-state index contributed by atoms with van der Waals surface area (Å²) >= 11 is 0. The minimum Gasteiger partial charge on any atom is -0.491 e. The van der Waals surface area contributed by atoms with Crippen molar-refractivity contribution in [3.05, 3.63) is 103 Å². The van der Waals surface area contributed by atoms with E-state index < -0.39 is 11.9 Å². The molecular formula is C33H34O8. The Morgan fingerprint density at radius 1 is 0.707 bits per heavy atom. The second-order valence-electron chi connectivity index (χ2n) is 8.75. The van der Waals surface area contributed by atoms with Crippen molar-refractivity contribution in [2.24, 2.45) is 0 Å². The van der Waals surface area contributed by atoms with Crippen LogP contribution in [0.5, 0.6) is 11.5 Å². The van der Waals surface area contributed by atoms with Gasteiger partial charge < -0.3 is 23.7 Å². The van der Waals surface area contributed by atoms with Crippen LogP contribution >= 0.6 is 0 Å². The lowest BCUT2D eigenvalue weighted by atomic mass is 10.0. The van der Waals surface area contributed by atoms with Gasteiger partial charge in [0, 0.05) is 12.2 Å². The summed E-state index contributed by atoms with van der Waals surface area (Å²) in [4.78, 5) is 35.2. The highest BCUT2D eigenvalue weighted by Gasteiger charge is 2.09. The summed E-state index contributed by atoms with van der Waals surface area (Å²) in [7, 11) is 0. The molecule has 0 spiro atoms. The summed E-state index contributed by atoms with van der Waals surface area (Å²) in [5.41, 5.74) is 3.23. The lowest BCUT2D eigenvalue weighted by molar-refractivity contribution is -0.139. The van der Waals surface area contributed by atoms with E-state index in [-0.39, 0.29) is 19.2 Å². The quantitative estimate of drug-likeness (QED) is 0.0907. The first-order valence-corrected chi connectivity index (χ1v) is 13.4. The molecule has 0 aliphatic rings. The van der Waals surface area contributed by atoms with E-state index in [4.69, 9.17) is 23.7 Å². The topological polar surface area (TPSA) is 97.4 Å². The number of rotatable bonds is 16. The van der Waals surface area contributed by atoms with Gasteiger partial charge in [-0.2, -0.15) is 0 Å². The van der Waals surface area contributed by atoms with Crippen molar-refractivity contribution >= 4 is 24.0 Å². The number of unbranched alkanes of at least 4 members (excludes halogenated alkanes) is 1. The molecule has 8 heteroatoms. The first-order valence-electron chi connectivity index (χ1n) is 13.4. The lowest BCUT2D eigenvalue weighted by Crippen LogP contribution is -2.12. The van der Waals surface area contributed by atoms with Crippen LogP contribution in [-0.4, -0.2) is 50.9 Å². The average Bonchev–Trinajstić information content (AvgIpc) is 3.00. The van der Waals surface area contributed by atoms with Crippen molar-refractivity contribution in [1.82, 2.24) is 0 Å². The van der Waals surface area contributed by atoms with Gasteiger partial charge in [-0.05, 0) is 65.6 Å². The largest absolute Gasteiger partial charge is 0.491 e. The molecule has 0 unspecified atom stereocenters. The summed E-state index contributed by atoms with van der Waals surface area (Å²) in [5.74, 6) is -0.305. The summed E-state index contributed by atoms with van der Waals surface area (Å²) in [5, 5.41) is 0. The van der Waals surface area contributed by atoms with Crippen molar-refractivity contribution in [2.75, 3.05) is 33.0 Å². The number of carbonyl (C=O) groups excluding carboxylic acids is 3. The normalized spacial score (nSPS) is 10.7. The zero-order chi connectivity index (χ0) is 29.3. The van der Waals surface area contributed by atoms with Gasteiger partial charge in [-0.25, -0.2) is 14.4 Å². The number of esters is 3. The molecule has 0 N–H and O–H groups in total. The lowest BCUT2D eigenvalue weighted by Gasteiger charge is -2.09. The fourth-order valence-electron chi connectivity index (χ4n) is 3.47. The third-order valence-electron chi connectivity index (χ3n) is 5.69. The third-order valence-corrected chi connectivity index (χ3v) is 5.69. The van der Waals surface area contributed by atoms with Crippen molar-refractivity contribution in [1.29, 1.82) is 0 Å². The maximum atomic E-state index is 12.6. The zero-order valence-electron chi connectivity index (χ0n) is 23.1. The van der Waals surface area contributed by atoms with Crippen LogP contribution in [0, 0.1) is 0 Å². The monoisotopic (exact) mass is 558 g/mol. The molecular weight excluding hydrogens is 524 g/mol. The van der Waals surface area contributed by atoms with Crippen LogP contribution in [0.15, 0.2) is 91.5 Å².